The Kier molecular flexibility index (Phi) is 3.42. The van der Waals surface area contributed by atoms with Gasteiger partial charge in [0.15, 0.2) is 5.78 Å². The molecule has 92 valence electrons. The van der Waals surface area contributed by atoms with Crippen LogP contribution in [0.3, 0.4) is 0 Å². The fraction of sp³-hybridized carbons (Fsp3) is 0.133. The highest BCUT2D eigenvalue weighted by Gasteiger charge is 2.14. The second-order valence-corrected chi connectivity index (χ2v) is 4.04. The molecule has 0 aromatic heterocycles. The molecule has 0 radical (unpaired) electrons. The number of aryl methyl sites for hydroxylation is 1. The highest BCUT2D eigenvalue weighted by molar-refractivity contribution is 6.09. The van der Waals surface area contributed by atoms with Crippen LogP contribution in [0, 0.1) is 12.7 Å². The van der Waals surface area contributed by atoms with E-state index in [-0.39, 0.29) is 11.3 Å². The molecule has 0 atom stereocenters. The summed E-state index contributed by atoms with van der Waals surface area (Å²) in [5.74, 6) is -0.266. The van der Waals surface area contributed by atoms with Crippen LogP contribution in [0.25, 0.3) is 0 Å². The molecule has 2 aromatic carbocycles. The zero-order chi connectivity index (χ0) is 13.1. The molecule has 0 heterocycles. The van der Waals surface area contributed by atoms with Crippen molar-refractivity contribution in [2.75, 3.05) is 7.11 Å². The lowest BCUT2D eigenvalue weighted by molar-refractivity contribution is 0.103. The van der Waals surface area contributed by atoms with Crippen molar-refractivity contribution in [2.24, 2.45) is 0 Å². The van der Waals surface area contributed by atoms with Crippen LogP contribution in [-0.4, -0.2) is 12.9 Å². The van der Waals surface area contributed by atoms with E-state index in [1.165, 1.54) is 13.2 Å². The normalized spacial score (nSPS) is 10.2. The van der Waals surface area contributed by atoms with Crippen LogP contribution in [0.5, 0.6) is 5.75 Å². The van der Waals surface area contributed by atoms with Gasteiger partial charge >= 0.3 is 0 Å². The monoisotopic (exact) mass is 244 g/mol. The molecule has 0 bridgehead atoms. The SMILES string of the molecule is COc1cccc(C(=O)c2cc(C)ccc2F)c1. The molecule has 0 unspecified atom stereocenters. The van der Waals surface area contributed by atoms with E-state index in [1.807, 2.05) is 6.92 Å². The van der Waals surface area contributed by atoms with E-state index >= 15 is 0 Å². The molecule has 0 amide bonds. The number of carbonyl (C=O) groups excluding carboxylic acids is 1. The van der Waals surface area contributed by atoms with Gasteiger partial charge in [0, 0.05) is 5.56 Å². The van der Waals surface area contributed by atoms with Crippen molar-refractivity contribution in [1.82, 2.24) is 0 Å². The summed E-state index contributed by atoms with van der Waals surface area (Å²) < 4.78 is 18.7. The number of methoxy groups -OCH3 is 1. The fourth-order valence-electron chi connectivity index (χ4n) is 1.73. The first-order chi connectivity index (χ1) is 8.61. The number of carbonyl (C=O) groups is 1. The second kappa shape index (κ2) is 5.00. The minimum Gasteiger partial charge on any atom is -0.497 e. The Morgan fingerprint density at radius 3 is 2.67 bits per heavy atom. The standard InChI is InChI=1S/C15H13FO2/c1-10-6-7-14(16)13(8-10)15(17)11-4-3-5-12(9-11)18-2/h3-9H,1-2H3. The fourth-order valence-corrected chi connectivity index (χ4v) is 1.73. The average molecular weight is 244 g/mol. The van der Waals surface area contributed by atoms with Crippen molar-refractivity contribution in [2.45, 2.75) is 6.92 Å². The van der Waals surface area contributed by atoms with E-state index in [1.54, 1.807) is 36.4 Å². The lowest BCUT2D eigenvalue weighted by atomic mass is 10.0. The third-order valence-corrected chi connectivity index (χ3v) is 2.70. The quantitative estimate of drug-likeness (QED) is 0.774. The van der Waals surface area contributed by atoms with E-state index in [0.29, 0.717) is 11.3 Å². The van der Waals surface area contributed by atoms with Crippen molar-refractivity contribution in [3.63, 3.8) is 0 Å². The largest absolute Gasteiger partial charge is 0.497 e. The van der Waals surface area contributed by atoms with Gasteiger partial charge in [0.2, 0.25) is 0 Å². The van der Waals surface area contributed by atoms with Gasteiger partial charge in [0.05, 0.1) is 12.7 Å². The van der Waals surface area contributed by atoms with Crippen LogP contribution < -0.4 is 4.74 Å². The molecular formula is C15H13FO2. The van der Waals surface area contributed by atoms with Crippen LogP contribution in [0.1, 0.15) is 21.5 Å². The van der Waals surface area contributed by atoms with Gasteiger partial charge < -0.3 is 4.74 Å². The molecule has 0 N–H and O–H groups in total. The molecule has 0 fully saturated rings. The Balaban J connectivity index is 2.44. The maximum atomic E-state index is 13.6. The first-order valence-electron chi connectivity index (χ1n) is 5.56. The Morgan fingerprint density at radius 1 is 1.17 bits per heavy atom. The third kappa shape index (κ3) is 2.40. The van der Waals surface area contributed by atoms with Crippen LogP contribution >= 0.6 is 0 Å². The minimum atomic E-state index is -0.506. The van der Waals surface area contributed by atoms with Gasteiger partial charge in [-0.1, -0.05) is 23.8 Å². The first-order valence-corrected chi connectivity index (χ1v) is 5.56. The molecule has 0 aliphatic carbocycles. The molecule has 2 aromatic rings. The lowest BCUT2D eigenvalue weighted by Gasteiger charge is -2.06. The Morgan fingerprint density at radius 2 is 1.94 bits per heavy atom. The number of halogens is 1. The third-order valence-electron chi connectivity index (χ3n) is 2.70. The second-order valence-electron chi connectivity index (χ2n) is 4.04. The van der Waals surface area contributed by atoms with Gasteiger partial charge in [-0.2, -0.15) is 0 Å². The summed E-state index contributed by atoms with van der Waals surface area (Å²) >= 11 is 0. The van der Waals surface area contributed by atoms with E-state index < -0.39 is 5.82 Å². The summed E-state index contributed by atoms with van der Waals surface area (Å²) in [7, 11) is 1.52. The van der Waals surface area contributed by atoms with Gasteiger partial charge in [-0.05, 0) is 31.2 Å². The smallest absolute Gasteiger partial charge is 0.196 e. The van der Waals surface area contributed by atoms with Crippen LogP contribution in [-0.2, 0) is 0 Å². The molecule has 2 nitrogen and oxygen atoms in total. The molecule has 0 aliphatic rings. The minimum absolute atomic E-state index is 0.0863. The van der Waals surface area contributed by atoms with Crippen molar-refractivity contribution >= 4 is 5.78 Å². The highest BCUT2D eigenvalue weighted by Crippen LogP contribution is 2.18. The van der Waals surface area contributed by atoms with Gasteiger partial charge in [-0.15, -0.1) is 0 Å². The van der Waals surface area contributed by atoms with Gasteiger partial charge in [-0.25, -0.2) is 4.39 Å². The predicted octanol–water partition coefficient (Wildman–Crippen LogP) is 3.37. The maximum Gasteiger partial charge on any atom is 0.196 e. The van der Waals surface area contributed by atoms with E-state index in [4.69, 9.17) is 4.74 Å². The molecule has 0 aliphatic heterocycles. The number of ether oxygens (including phenoxy) is 1. The van der Waals surface area contributed by atoms with Gasteiger partial charge in [0.25, 0.3) is 0 Å². The molecule has 18 heavy (non-hydrogen) atoms. The molecular weight excluding hydrogens is 231 g/mol. The summed E-state index contributed by atoms with van der Waals surface area (Å²) in [6.07, 6.45) is 0. The number of hydrogen-bond acceptors (Lipinski definition) is 2. The van der Waals surface area contributed by atoms with E-state index in [2.05, 4.69) is 0 Å². The number of hydrogen-bond donors (Lipinski definition) is 0. The molecule has 0 spiro atoms. The van der Waals surface area contributed by atoms with E-state index in [9.17, 15) is 9.18 Å². The predicted molar refractivity (Wildman–Crippen MR) is 67.6 cm³/mol. The van der Waals surface area contributed by atoms with Crippen molar-refractivity contribution < 1.29 is 13.9 Å². The number of ketones is 1. The van der Waals surface area contributed by atoms with Crippen LogP contribution in [0.15, 0.2) is 42.5 Å². The van der Waals surface area contributed by atoms with Crippen molar-refractivity contribution in [1.29, 1.82) is 0 Å². The van der Waals surface area contributed by atoms with Gasteiger partial charge in [0.1, 0.15) is 11.6 Å². The lowest BCUT2D eigenvalue weighted by Crippen LogP contribution is -2.05. The van der Waals surface area contributed by atoms with Crippen LogP contribution in [0.2, 0.25) is 0 Å². The molecule has 0 saturated heterocycles. The number of benzene rings is 2. The zero-order valence-electron chi connectivity index (χ0n) is 10.2. The Hall–Kier alpha value is -2.16. The average Bonchev–Trinajstić information content (AvgIpc) is 2.41. The summed E-state index contributed by atoms with van der Waals surface area (Å²) in [6.45, 7) is 1.82. The highest BCUT2D eigenvalue weighted by atomic mass is 19.1. The maximum absolute atomic E-state index is 13.6. The Labute approximate surface area is 105 Å². The summed E-state index contributed by atoms with van der Waals surface area (Å²) in [6, 6.07) is 11.2. The zero-order valence-corrected chi connectivity index (χ0v) is 10.2. The van der Waals surface area contributed by atoms with Crippen molar-refractivity contribution in [3.05, 3.63) is 65.0 Å². The van der Waals surface area contributed by atoms with Gasteiger partial charge in [-0.3, -0.25) is 4.79 Å². The molecule has 3 heteroatoms. The summed E-state index contributed by atoms with van der Waals surface area (Å²) in [5.41, 5.74) is 1.35. The van der Waals surface area contributed by atoms with Crippen molar-refractivity contribution in [3.8, 4) is 5.75 Å². The topological polar surface area (TPSA) is 26.3 Å². The first kappa shape index (κ1) is 12.3. The number of rotatable bonds is 3. The Bertz CT molecular complexity index is 591. The van der Waals surface area contributed by atoms with Crippen LogP contribution in [0.4, 0.5) is 4.39 Å². The summed E-state index contributed by atoms with van der Waals surface area (Å²) in [5, 5.41) is 0. The molecule has 2 rings (SSSR count). The van der Waals surface area contributed by atoms with E-state index in [0.717, 1.165) is 5.56 Å². The summed E-state index contributed by atoms with van der Waals surface area (Å²) in [4.78, 5) is 12.2. The molecule has 0 saturated carbocycles.